The average Bonchev–Trinajstić information content (AvgIpc) is 1.80. The lowest BCUT2D eigenvalue weighted by Crippen LogP contribution is -2.25. The molecule has 0 unspecified atom stereocenters. The summed E-state index contributed by atoms with van der Waals surface area (Å²) in [7, 11) is 0. The van der Waals surface area contributed by atoms with Gasteiger partial charge in [0.15, 0.2) is 0 Å². The zero-order valence-electron chi connectivity index (χ0n) is 4.54. The number of nitrogen functional groups attached to an aromatic ring is 1. The molecule has 0 aliphatic rings. The predicted molar refractivity (Wildman–Crippen MR) is 38.6 cm³/mol. The fourth-order valence-electron chi connectivity index (χ4n) is 0.466. The third-order valence-corrected chi connectivity index (χ3v) is 1.40. The molecule has 0 aliphatic carbocycles. The molecule has 4 heteroatoms. The molecule has 1 rings (SSSR count). The van der Waals surface area contributed by atoms with Crippen LogP contribution in [0.25, 0.3) is 0 Å². The molecule has 0 fully saturated rings. The van der Waals surface area contributed by atoms with E-state index in [0.29, 0.717) is 0 Å². The fourth-order valence-corrected chi connectivity index (χ4v) is 0.780. The van der Waals surface area contributed by atoms with Crippen LogP contribution in [0.2, 0.25) is 0 Å². The van der Waals surface area contributed by atoms with Crippen molar-refractivity contribution in [1.82, 2.24) is 4.68 Å². The number of hydrogen-bond acceptors (Lipinski definition) is 2. The molecule has 1 aromatic rings. The van der Waals surface area contributed by atoms with Crippen LogP contribution in [0.5, 0.6) is 0 Å². The number of halogens is 1. The molecule has 2 N–H and O–H groups in total. The van der Waals surface area contributed by atoms with Crippen molar-refractivity contribution in [2.75, 3.05) is 5.84 Å². The third kappa shape index (κ3) is 1.32. The molecule has 3 nitrogen and oxygen atoms in total. The van der Waals surface area contributed by atoms with Crippen LogP contribution in [0.4, 0.5) is 0 Å². The van der Waals surface area contributed by atoms with E-state index in [9.17, 15) is 4.79 Å². The lowest BCUT2D eigenvalue weighted by molar-refractivity contribution is 0.934. The highest BCUT2D eigenvalue weighted by molar-refractivity contribution is 9.10. The molecule has 0 saturated heterocycles. The standard InChI is InChI=1S/C5H5BrN2O/c6-4-1-2-8(7)5(9)3-4/h1-3H,7H2. The van der Waals surface area contributed by atoms with Gasteiger partial charge in [-0.2, -0.15) is 0 Å². The monoisotopic (exact) mass is 188 g/mol. The molecule has 0 aromatic carbocycles. The molecule has 0 atom stereocenters. The Morgan fingerprint density at radius 3 is 2.78 bits per heavy atom. The number of hydrogen-bond donors (Lipinski definition) is 1. The summed E-state index contributed by atoms with van der Waals surface area (Å²) < 4.78 is 1.76. The van der Waals surface area contributed by atoms with E-state index in [1.807, 2.05) is 0 Å². The smallest absolute Gasteiger partial charge is 0.269 e. The summed E-state index contributed by atoms with van der Waals surface area (Å²) >= 11 is 3.13. The Bertz CT molecular complexity index is 268. The molecular weight excluding hydrogens is 184 g/mol. The molecule has 48 valence electrons. The SMILES string of the molecule is Nn1ccc(Br)cc1=O. The van der Waals surface area contributed by atoms with Crippen molar-refractivity contribution in [3.8, 4) is 0 Å². The van der Waals surface area contributed by atoms with Crippen LogP contribution in [0.1, 0.15) is 0 Å². The minimum absolute atomic E-state index is 0.218. The predicted octanol–water partition coefficient (Wildman–Crippen LogP) is 0.325. The molecular formula is C5H5BrN2O. The zero-order valence-corrected chi connectivity index (χ0v) is 6.13. The Kier molecular flexibility index (Phi) is 1.57. The van der Waals surface area contributed by atoms with Crippen LogP contribution in [-0.2, 0) is 0 Å². The topological polar surface area (TPSA) is 48.0 Å². The van der Waals surface area contributed by atoms with Gasteiger partial charge in [-0.05, 0) is 6.07 Å². The lowest BCUT2D eigenvalue weighted by Gasteiger charge is -1.93. The van der Waals surface area contributed by atoms with Crippen LogP contribution in [0.3, 0.4) is 0 Å². The van der Waals surface area contributed by atoms with Gasteiger partial charge >= 0.3 is 0 Å². The Morgan fingerprint density at radius 2 is 2.33 bits per heavy atom. The largest absolute Gasteiger partial charge is 0.336 e. The van der Waals surface area contributed by atoms with E-state index in [1.165, 1.54) is 12.3 Å². The Labute approximate surface area is 60.2 Å². The highest BCUT2D eigenvalue weighted by Crippen LogP contribution is 2.01. The summed E-state index contributed by atoms with van der Waals surface area (Å²) in [6.45, 7) is 0. The lowest BCUT2D eigenvalue weighted by atomic mass is 10.5. The van der Waals surface area contributed by atoms with Crippen LogP contribution in [0.15, 0.2) is 27.6 Å². The first kappa shape index (κ1) is 6.35. The minimum Gasteiger partial charge on any atom is -0.336 e. The quantitative estimate of drug-likeness (QED) is 0.597. The van der Waals surface area contributed by atoms with E-state index < -0.39 is 0 Å². The molecule has 0 aliphatic heterocycles. The van der Waals surface area contributed by atoms with Crippen molar-refractivity contribution in [3.63, 3.8) is 0 Å². The molecule has 1 heterocycles. The Morgan fingerprint density at radius 1 is 1.67 bits per heavy atom. The molecule has 1 aromatic heterocycles. The summed E-state index contributed by atoms with van der Waals surface area (Å²) in [5.74, 6) is 5.17. The van der Waals surface area contributed by atoms with E-state index >= 15 is 0 Å². The van der Waals surface area contributed by atoms with Gasteiger partial charge in [0.05, 0.1) is 0 Å². The second-order valence-electron chi connectivity index (χ2n) is 1.59. The summed E-state index contributed by atoms with van der Waals surface area (Å²) in [5.41, 5.74) is -0.218. The van der Waals surface area contributed by atoms with Crippen molar-refractivity contribution in [2.45, 2.75) is 0 Å². The molecule has 0 spiro atoms. The van der Waals surface area contributed by atoms with Crippen LogP contribution >= 0.6 is 15.9 Å². The van der Waals surface area contributed by atoms with Gasteiger partial charge in [-0.15, -0.1) is 0 Å². The average molecular weight is 189 g/mol. The molecule has 0 bridgehead atoms. The summed E-state index contributed by atoms with van der Waals surface area (Å²) in [6, 6.07) is 3.10. The van der Waals surface area contributed by atoms with E-state index in [0.717, 1.165) is 9.15 Å². The summed E-state index contributed by atoms with van der Waals surface area (Å²) in [4.78, 5) is 10.6. The van der Waals surface area contributed by atoms with Crippen LogP contribution < -0.4 is 11.4 Å². The first-order valence-corrected chi connectivity index (χ1v) is 3.13. The van der Waals surface area contributed by atoms with Crippen molar-refractivity contribution < 1.29 is 0 Å². The molecule has 9 heavy (non-hydrogen) atoms. The van der Waals surface area contributed by atoms with Gasteiger partial charge in [-0.3, -0.25) is 4.79 Å². The maximum absolute atomic E-state index is 10.6. The van der Waals surface area contributed by atoms with E-state index in [2.05, 4.69) is 15.9 Å². The summed E-state index contributed by atoms with van der Waals surface area (Å²) in [5, 5.41) is 0. The first-order valence-electron chi connectivity index (χ1n) is 2.33. The maximum atomic E-state index is 10.6. The van der Waals surface area contributed by atoms with Crippen molar-refractivity contribution in [1.29, 1.82) is 0 Å². The summed E-state index contributed by atoms with van der Waals surface area (Å²) in [6.07, 6.45) is 1.49. The number of pyridine rings is 1. The van der Waals surface area contributed by atoms with E-state index in [1.54, 1.807) is 6.07 Å². The van der Waals surface area contributed by atoms with E-state index in [-0.39, 0.29) is 5.56 Å². The van der Waals surface area contributed by atoms with Gasteiger partial charge in [-0.1, -0.05) is 15.9 Å². The van der Waals surface area contributed by atoms with Gasteiger partial charge in [-0.25, -0.2) is 4.68 Å². The second-order valence-corrected chi connectivity index (χ2v) is 2.51. The van der Waals surface area contributed by atoms with Crippen molar-refractivity contribution in [3.05, 3.63) is 33.2 Å². The Balaban J connectivity index is 3.34. The minimum atomic E-state index is -0.218. The number of nitrogens with zero attached hydrogens (tertiary/aromatic N) is 1. The van der Waals surface area contributed by atoms with Gasteiger partial charge in [0, 0.05) is 16.7 Å². The highest BCUT2D eigenvalue weighted by Gasteiger charge is 1.88. The first-order chi connectivity index (χ1) is 4.20. The van der Waals surface area contributed by atoms with Gasteiger partial charge in [0.1, 0.15) is 0 Å². The van der Waals surface area contributed by atoms with Crippen LogP contribution in [0, 0.1) is 0 Å². The zero-order chi connectivity index (χ0) is 6.85. The molecule has 0 saturated carbocycles. The van der Waals surface area contributed by atoms with Crippen molar-refractivity contribution >= 4 is 15.9 Å². The number of rotatable bonds is 0. The van der Waals surface area contributed by atoms with E-state index in [4.69, 9.17) is 5.84 Å². The van der Waals surface area contributed by atoms with Gasteiger partial charge < -0.3 is 5.84 Å². The number of nitrogens with two attached hydrogens (primary N) is 1. The highest BCUT2D eigenvalue weighted by atomic mass is 79.9. The fraction of sp³-hybridized carbons (Fsp3) is 0. The normalized spacial score (nSPS) is 9.44. The maximum Gasteiger partial charge on any atom is 0.269 e. The number of aromatic nitrogens is 1. The van der Waals surface area contributed by atoms with Gasteiger partial charge in [0.2, 0.25) is 0 Å². The second kappa shape index (κ2) is 2.23. The van der Waals surface area contributed by atoms with Gasteiger partial charge in [0.25, 0.3) is 5.56 Å². The van der Waals surface area contributed by atoms with Crippen molar-refractivity contribution in [2.24, 2.45) is 0 Å². The van der Waals surface area contributed by atoms with Crippen LogP contribution in [-0.4, -0.2) is 4.68 Å². The third-order valence-electron chi connectivity index (χ3n) is 0.910. The molecule has 0 amide bonds. The molecule has 0 radical (unpaired) electrons. The Hall–Kier alpha value is -0.770.